The lowest BCUT2D eigenvalue weighted by Crippen LogP contribution is -2.11. The second-order valence-corrected chi connectivity index (χ2v) is 5.56. The fourth-order valence-corrected chi connectivity index (χ4v) is 2.55. The molecule has 7 heteroatoms. The number of aromatic nitrogens is 4. The van der Waals surface area contributed by atoms with Crippen molar-refractivity contribution in [2.24, 2.45) is 0 Å². The Hall–Kier alpha value is -1.89. The minimum absolute atomic E-state index is 0.127. The summed E-state index contributed by atoms with van der Waals surface area (Å²) in [6.07, 6.45) is 1.30. The van der Waals surface area contributed by atoms with Crippen molar-refractivity contribution in [1.82, 2.24) is 20.2 Å². The predicted octanol–water partition coefficient (Wildman–Crippen LogP) is 2.31. The lowest BCUT2D eigenvalue weighted by atomic mass is 10.4. The van der Waals surface area contributed by atoms with Crippen molar-refractivity contribution < 1.29 is 9.53 Å². The molecule has 0 aliphatic carbocycles. The fraction of sp³-hybridized carbons (Fsp3) is 0.429. The van der Waals surface area contributed by atoms with Crippen molar-refractivity contribution in [2.75, 3.05) is 5.75 Å². The molecule has 0 unspecified atom stereocenters. The lowest BCUT2D eigenvalue weighted by Gasteiger charge is -2.05. The Morgan fingerprint density at radius 1 is 1.33 bits per heavy atom. The Morgan fingerprint density at radius 3 is 2.90 bits per heavy atom. The Bertz CT molecular complexity index is 559. The molecule has 6 nitrogen and oxygen atoms in total. The molecule has 0 radical (unpaired) electrons. The van der Waals surface area contributed by atoms with E-state index in [-0.39, 0.29) is 12.6 Å². The minimum atomic E-state index is -0.232. The molecule has 0 fully saturated rings. The Morgan fingerprint density at radius 2 is 2.14 bits per heavy atom. The molecule has 1 heterocycles. The van der Waals surface area contributed by atoms with E-state index in [1.165, 1.54) is 0 Å². The number of hydrogen-bond acceptors (Lipinski definition) is 6. The quantitative estimate of drug-likeness (QED) is 0.550. The summed E-state index contributed by atoms with van der Waals surface area (Å²) in [4.78, 5) is 12.8. The van der Waals surface area contributed by atoms with Gasteiger partial charge in [-0.05, 0) is 29.0 Å². The van der Waals surface area contributed by atoms with Crippen molar-refractivity contribution in [2.45, 2.75) is 37.8 Å². The molecule has 0 spiro atoms. The maximum atomic E-state index is 11.7. The van der Waals surface area contributed by atoms with Crippen LogP contribution in [0.2, 0.25) is 0 Å². The molecule has 0 aliphatic heterocycles. The zero-order valence-corrected chi connectivity index (χ0v) is 12.8. The van der Waals surface area contributed by atoms with Crippen LogP contribution in [-0.4, -0.2) is 31.9 Å². The summed E-state index contributed by atoms with van der Waals surface area (Å²) < 4.78 is 6.85. The molecule has 0 bridgehead atoms. The van der Waals surface area contributed by atoms with Crippen molar-refractivity contribution >= 4 is 17.7 Å². The molecule has 2 aromatic rings. The Labute approximate surface area is 127 Å². The van der Waals surface area contributed by atoms with Crippen molar-refractivity contribution in [3.05, 3.63) is 36.2 Å². The molecule has 21 heavy (non-hydrogen) atoms. The number of ether oxygens (including phenoxy) is 1. The smallest absolute Gasteiger partial charge is 0.307 e. The van der Waals surface area contributed by atoms with Gasteiger partial charge in [-0.1, -0.05) is 25.1 Å². The highest BCUT2D eigenvalue weighted by Crippen LogP contribution is 2.17. The van der Waals surface area contributed by atoms with E-state index in [1.807, 2.05) is 37.3 Å². The van der Waals surface area contributed by atoms with Crippen molar-refractivity contribution in [1.29, 1.82) is 0 Å². The van der Waals surface area contributed by atoms with Crippen LogP contribution in [0.5, 0.6) is 0 Å². The first-order valence-electron chi connectivity index (χ1n) is 6.88. The number of aryl methyl sites for hydroxylation is 1. The second-order valence-electron chi connectivity index (χ2n) is 4.39. The predicted molar refractivity (Wildman–Crippen MR) is 79.7 cm³/mol. The van der Waals surface area contributed by atoms with Gasteiger partial charge in [0.1, 0.15) is 0 Å². The zero-order chi connectivity index (χ0) is 14.9. The molecular weight excluding hydrogens is 288 g/mol. The molecule has 0 aliphatic rings. The van der Waals surface area contributed by atoms with Gasteiger partial charge < -0.3 is 4.74 Å². The van der Waals surface area contributed by atoms with Gasteiger partial charge >= 0.3 is 5.97 Å². The first-order valence-corrected chi connectivity index (χ1v) is 7.86. The first kappa shape index (κ1) is 15.5. The van der Waals surface area contributed by atoms with Crippen molar-refractivity contribution in [3.8, 4) is 0 Å². The molecule has 1 aromatic carbocycles. The monoisotopic (exact) mass is 306 g/mol. The number of tetrazole rings is 1. The number of nitrogens with zero attached hydrogens (tertiary/aromatic N) is 4. The maximum absolute atomic E-state index is 11.7. The molecule has 0 N–H and O–H groups in total. The fourth-order valence-electron chi connectivity index (χ4n) is 1.70. The van der Waals surface area contributed by atoms with Gasteiger partial charge in [0.2, 0.25) is 0 Å². The SMILES string of the molecule is CCCn1nnnc1COC(=O)CCSc1ccccc1. The van der Waals surface area contributed by atoms with Gasteiger partial charge in [0.15, 0.2) is 12.4 Å². The number of carbonyl (C=O) groups is 1. The number of thioether (sulfide) groups is 1. The van der Waals surface area contributed by atoms with Crippen molar-refractivity contribution in [3.63, 3.8) is 0 Å². The molecule has 112 valence electrons. The van der Waals surface area contributed by atoms with Crippen LogP contribution in [-0.2, 0) is 22.7 Å². The van der Waals surface area contributed by atoms with E-state index < -0.39 is 0 Å². The van der Waals surface area contributed by atoms with Gasteiger partial charge in [0.25, 0.3) is 0 Å². The number of rotatable bonds is 8. The third kappa shape index (κ3) is 5.18. The summed E-state index contributed by atoms with van der Waals surface area (Å²) in [5, 5.41) is 11.3. The van der Waals surface area contributed by atoms with Crippen LogP contribution < -0.4 is 0 Å². The summed E-state index contributed by atoms with van der Waals surface area (Å²) >= 11 is 1.64. The molecule has 0 atom stereocenters. The van der Waals surface area contributed by atoms with E-state index in [9.17, 15) is 4.79 Å². The van der Waals surface area contributed by atoms with E-state index in [4.69, 9.17) is 4.74 Å². The van der Waals surface area contributed by atoms with Gasteiger partial charge in [-0.2, -0.15) is 0 Å². The molecule has 0 saturated heterocycles. The van der Waals surface area contributed by atoms with Gasteiger partial charge in [0, 0.05) is 17.2 Å². The van der Waals surface area contributed by atoms with E-state index >= 15 is 0 Å². The lowest BCUT2D eigenvalue weighted by molar-refractivity contribution is -0.144. The van der Waals surface area contributed by atoms with Gasteiger partial charge in [0.05, 0.1) is 6.42 Å². The van der Waals surface area contributed by atoms with E-state index in [0.717, 1.165) is 17.9 Å². The van der Waals surface area contributed by atoms with E-state index in [1.54, 1.807) is 16.4 Å². The van der Waals surface area contributed by atoms with Crippen LogP contribution in [0, 0.1) is 0 Å². The van der Waals surface area contributed by atoms with Crippen LogP contribution >= 0.6 is 11.8 Å². The highest BCUT2D eigenvalue weighted by atomic mass is 32.2. The number of esters is 1. The highest BCUT2D eigenvalue weighted by molar-refractivity contribution is 7.99. The Balaban J connectivity index is 1.69. The minimum Gasteiger partial charge on any atom is -0.457 e. The molecule has 2 rings (SSSR count). The second kappa shape index (κ2) is 8.41. The van der Waals surface area contributed by atoms with E-state index in [2.05, 4.69) is 15.5 Å². The van der Waals surface area contributed by atoms with Crippen LogP contribution in [0.3, 0.4) is 0 Å². The Kier molecular flexibility index (Phi) is 6.21. The summed E-state index contributed by atoms with van der Waals surface area (Å²) in [5.74, 6) is 1.05. The number of hydrogen-bond donors (Lipinski definition) is 0. The van der Waals surface area contributed by atoms with Gasteiger partial charge in [-0.25, -0.2) is 4.68 Å². The zero-order valence-electron chi connectivity index (χ0n) is 11.9. The molecule has 1 aromatic heterocycles. The maximum Gasteiger partial charge on any atom is 0.307 e. The van der Waals surface area contributed by atoms with Crippen LogP contribution in [0.4, 0.5) is 0 Å². The van der Waals surface area contributed by atoms with Crippen LogP contribution in [0.1, 0.15) is 25.6 Å². The van der Waals surface area contributed by atoms with Gasteiger partial charge in [-0.3, -0.25) is 4.79 Å². The van der Waals surface area contributed by atoms with E-state index in [0.29, 0.717) is 18.0 Å². The van der Waals surface area contributed by atoms with Gasteiger partial charge in [-0.15, -0.1) is 16.9 Å². The summed E-state index contributed by atoms with van der Waals surface area (Å²) in [5.41, 5.74) is 0. The average Bonchev–Trinajstić information content (AvgIpc) is 2.94. The normalized spacial score (nSPS) is 10.5. The molecule has 0 amide bonds. The first-order chi connectivity index (χ1) is 10.3. The summed E-state index contributed by atoms with van der Waals surface area (Å²) in [6.45, 7) is 2.89. The number of benzene rings is 1. The van der Waals surface area contributed by atoms with Crippen LogP contribution in [0.25, 0.3) is 0 Å². The standard InChI is InChI=1S/C14H18N4O2S/c1-2-9-18-13(15-16-17-18)11-20-14(19)8-10-21-12-6-4-3-5-7-12/h3-7H,2,8-11H2,1H3. The molecule has 0 saturated carbocycles. The summed E-state index contributed by atoms with van der Waals surface area (Å²) in [7, 11) is 0. The third-order valence-electron chi connectivity index (χ3n) is 2.72. The largest absolute Gasteiger partial charge is 0.457 e. The summed E-state index contributed by atoms with van der Waals surface area (Å²) in [6, 6.07) is 9.98. The average molecular weight is 306 g/mol. The highest BCUT2D eigenvalue weighted by Gasteiger charge is 2.09. The topological polar surface area (TPSA) is 69.9 Å². The molecular formula is C14H18N4O2S. The van der Waals surface area contributed by atoms with Crippen LogP contribution in [0.15, 0.2) is 35.2 Å². The third-order valence-corrected chi connectivity index (χ3v) is 3.74. The number of carbonyl (C=O) groups excluding carboxylic acids is 1.